The van der Waals surface area contributed by atoms with Crippen molar-refractivity contribution < 1.29 is 9.85 Å². The Bertz CT molecular complexity index is 1040. The van der Waals surface area contributed by atoms with Gasteiger partial charge in [0.15, 0.2) is 0 Å². The molecule has 4 rings (SSSR count). The molecule has 0 fully saturated rings. The molecule has 0 aliphatic carbocycles. The van der Waals surface area contributed by atoms with E-state index in [4.69, 9.17) is 0 Å². The molecule has 0 unspecified atom stereocenters. The average molecular weight is 358 g/mol. The minimum atomic E-state index is -0.517. The Balaban J connectivity index is 2.13. The zero-order valence-electron chi connectivity index (χ0n) is 11.7. The van der Waals surface area contributed by atoms with E-state index in [2.05, 4.69) is 9.97 Å². The van der Waals surface area contributed by atoms with E-state index in [1.54, 1.807) is 12.1 Å². The first-order chi connectivity index (χ1) is 11.6. The summed E-state index contributed by atoms with van der Waals surface area (Å²) in [5, 5.41) is 23.2. The lowest BCUT2D eigenvalue weighted by Gasteiger charge is -2.05. The van der Waals surface area contributed by atoms with Crippen LogP contribution in [0.2, 0.25) is 0 Å². The Labute approximate surface area is 141 Å². The summed E-state index contributed by atoms with van der Waals surface area (Å²) >= 11 is 2.28. The van der Waals surface area contributed by atoms with E-state index in [1.807, 2.05) is 0 Å². The Morgan fingerprint density at radius 1 is 0.750 bits per heavy atom. The fourth-order valence-electron chi connectivity index (χ4n) is 2.63. The van der Waals surface area contributed by atoms with Crippen molar-refractivity contribution >= 4 is 54.5 Å². The number of hydrogen-bond acceptors (Lipinski definition) is 8. The Hall–Kier alpha value is -2.98. The van der Waals surface area contributed by atoms with Crippen LogP contribution >= 0.6 is 22.7 Å². The fraction of sp³-hybridized carbons (Fsp3) is 0. The molecule has 0 N–H and O–H groups in total. The summed E-state index contributed by atoms with van der Waals surface area (Å²) in [4.78, 5) is 30.3. The van der Waals surface area contributed by atoms with Crippen LogP contribution in [-0.2, 0) is 0 Å². The van der Waals surface area contributed by atoms with E-state index in [-0.39, 0.29) is 22.5 Å². The molecule has 0 aliphatic rings. The van der Waals surface area contributed by atoms with Gasteiger partial charge in [0.25, 0.3) is 11.4 Å². The van der Waals surface area contributed by atoms with Crippen LogP contribution in [0.25, 0.3) is 31.6 Å². The van der Waals surface area contributed by atoms with E-state index < -0.39 is 9.85 Å². The predicted octanol–water partition coefficient (Wildman–Crippen LogP) is 4.39. The highest BCUT2D eigenvalue weighted by molar-refractivity contribution is 7.17. The van der Waals surface area contributed by atoms with Gasteiger partial charge in [-0.2, -0.15) is 0 Å². The second kappa shape index (κ2) is 5.28. The first-order valence-electron chi connectivity index (χ1n) is 6.59. The van der Waals surface area contributed by atoms with Crippen molar-refractivity contribution in [3.8, 4) is 11.1 Å². The lowest BCUT2D eigenvalue weighted by atomic mass is 10.0. The van der Waals surface area contributed by atoms with Crippen LogP contribution in [0.15, 0.2) is 35.3 Å². The first kappa shape index (κ1) is 14.6. The van der Waals surface area contributed by atoms with Gasteiger partial charge in [-0.25, -0.2) is 9.97 Å². The van der Waals surface area contributed by atoms with Crippen LogP contribution in [0.3, 0.4) is 0 Å². The van der Waals surface area contributed by atoms with Crippen molar-refractivity contribution in [2.45, 2.75) is 0 Å². The summed E-state index contributed by atoms with van der Waals surface area (Å²) in [6.45, 7) is 0. The van der Waals surface area contributed by atoms with E-state index in [1.165, 1.54) is 23.2 Å². The third-order valence-corrected chi connectivity index (χ3v) is 5.30. The van der Waals surface area contributed by atoms with Gasteiger partial charge in [0, 0.05) is 0 Å². The van der Waals surface area contributed by atoms with Crippen LogP contribution in [0.1, 0.15) is 0 Å². The number of hydrogen-bond donors (Lipinski definition) is 0. The van der Waals surface area contributed by atoms with E-state index >= 15 is 0 Å². The highest BCUT2D eigenvalue weighted by atomic mass is 32.1. The van der Waals surface area contributed by atoms with Crippen molar-refractivity contribution in [2.75, 3.05) is 0 Å². The van der Waals surface area contributed by atoms with Crippen LogP contribution in [0, 0.1) is 20.2 Å². The summed E-state index contributed by atoms with van der Waals surface area (Å²) in [5.74, 6) is 0. The van der Waals surface area contributed by atoms with Gasteiger partial charge in [0.05, 0.1) is 43.0 Å². The van der Waals surface area contributed by atoms with Gasteiger partial charge in [-0.3, -0.25) is 20.2 Å². The van der Waals surface area contributed by atoms with Crippen molar-refractivity contribution in [3.63, 3.8) is 0 Å². The molecule has 0 radical (unpaired) electrons. The van der Waals surface area contributed by atoms with Crippen LogP contribution in [0.5, 0.6) is 0 Å². The van der Waals surface area contributed by atoms with Gasteiger partial charge in [0.1, 0.15) is 9.40 Å². The van der Waals surface area contributed by atoms with Gasteiger partial charge in [0.2, 0.25) is 0 Å². The maximum absolute atomic E-state index is 11.6. The molecule has 0 spiro atoms. The molecule has 10 heteroatoms. The van der Waals surface area contributed by atoms with E-state index in [0.29, 0.717) is 20.4 Å². The molecule has 2 aromatic carbocycles. The van der Waals surface area contributed by atoms with Gasteiger partial charge < -0.3 is 0 Å². The summed E-state index contributed by atoms with van der Waals surface area (Å²) in [6, 6.07) is 6.29. The number of fused-ring (bicyclic) bond motifs is 2. The molecule has 0 amide bonds. The maximum atomic E-state index is 11.6. The highest BCUT2D eigenvalue weighted by Gasteiger charge is 2.28. The number of nitro groups is 2. The smallest absolute Gasteiger partial charge is 0.258 e. The quantitative estimate of drug-likeness (QED) is 0.396. The van der Waals surface area contributed by atoms with Crippen LogP contribution in [0.4, 0.5) is 11.4 Å². The minimum absolute atomic E-state index is 0.165. The number of nitro benzene ring substituents is 2. The van der Waals surface area contributed by atoms with Crippen LogP contribution in [-0.4, -0.2) is 19.8 Å². The molecule has 0 atom stereocenters. The summed E-state index contributed by atoms with van der Waals surface area (Å²) in [7, 11) is 0. The first-order valence-corrected chi connectivity index (χ1v) is 8.35. The molecular formula is C14H6N4O4S2. The Morgan fingerprint density at radius 2 is 1.17 bits per heavy atom. The number of thiazole rings is 2. The molecule has 0 aliphatic heterocycles. The summed E-state index contributed by atoms with van der Waals surface area (Å²) in [6.07, 6.45) is 0. The van der Waals surface area contributed by atoms with E-state index in [0.717, 1.165) is 22.7 Å². The third-order valence-electron chi connectivity index (χ3n) is 3.60. The molecule has 24 heavy (non-hydrogen) atoms. The number of rotatable bonds is 3. The number of benzene rings is 2. The number of aromatic nitrogens is 2. The molecule has 0 saturated carbocycles. The predicted molar refractivity (Wildman–Crippen MR) is 91.5 cm³/mol. The third kappa shape index (κ3) is 2.04. The largest absolute Gasteiger partial charge is 0.296 e. The van der Waals surface area contributed by atoms with Gasteiger partial charge >= 0.3 is 0 Å². The molecule has 8 nitrogen and oxygen atoms in total. The molecule has 0 saturated heterocycles. The van der Waals surface area contributed by atoms with E-state index in [9.17, 15) is 20.2 Å². The topological polar surface area (TPSA) is 112 Å². The molecular weight excluding hydrogens is 352 g/mol. The van der Waals surface area contributed by atoms with Crippen molar-refractivity contribution in [1.82, 2.24) is 9.97 Å². The zero-order valence-corrected chi connectivity index (χ0v) is 13.3. The van der Waals surface area contributed by atoms with Crippen molar-refractivity contribution in [3.05, 3.63) is 55.5 Å². The summed E-state index contributed by atoms with van der Waals surface area (Å²) < 4.78 is 0.799. The summed E-state index contributed by atoms with van der Waals surface area (Å²) in [5.41, 5.74) is 4.11. The van der Waals surface area contributed by atoms with Gasteiger partial charge in [-0.05, 0) is 24.3 Å². The molecule has 2 heterocycles. The molecule has 2 aromatic heterocycles. The second-order valence-electron chi connectivity index (χ2n) is 4.84. The second-order valence-corrected chi connectivity index (χ2v) is 6.55. The fourth-order valence-corrected chi connectivity index (χ4v) is 4.24. The maximum Gasteiger partial charge on any atom is 0.296 e. The van der Waals surface area contributed by atoms with Crippen molar-refractivity contribution in [2.24, 2.45) is 0 Å². The molecule has 0 bridgehead atoms. The SMILES string of the molecule is O=[N+]([O-])c1c(-c2ccc3ncsc3c2[N+](=O)[O-])ccc2ncsc12. The zero-order chi connectivity index (χ0) is 16.8. The monoisotopic (exact) mass is 358 g/mol. The minimum Gasteiger partial charge on any atom is -0.258 e. The van der Waals surface area contributed by atoms with Gasteiger partial charge in [-0.1, -0.05) is 0 Å². The Kier molecular flexibility index (Phi) is 3.22. The molecule has 118 valence electrons. The highest BCUT2D eigenvalue weighted by Crippen LogP contribution is 2.44. The average Bonchev–Trinajstić information content (AvgIpc) is 3.20. The standard InChI is InChI=1S/C14H6N4O4S2/c19-17(20)11-7(1-3-9-13(11)23-5-15-9)8-2-4-10-14(24-6-16-10)12(8)18(21)22/h1-6H. The lowest BCUT2D eigenvalue weighted by Crippen LogP contribution is -1.97. The number of nitrogens with zero attached hydrogens (tertiary/aromatic N) is 4. The normalized spacial score (nSPS) is 11.2. The molecule has 4 aromatic rings. The Morgan fingerprint density at radius 3 is 1.54 bits per heavy atom. The lowest BCUT2D eigenvalue weighted by molar-refractivity contribution is -0.384. The van der Waals surface area contributed by atoms with Crippen molar-refractivity contribution in [1.29, 1.82) is 0 Å². The van der Waals surface area contributed by atoms with Crippen LogP contribution < -0.4 is 0 Å². The van der Waals surface area contributed by atoms with Gasteiger partial charge in [-0.15, -0.1) is 22.7 Å².